The lowest BCUT2D eigenvalue weighted by Gasteiger charge is -1.97. The molecule has 14 heavy (non-hydrogen) atoms. The molecule has 0 aliphatic rings. The smallest absolute Gasteiger partial charge is 0.147 e. The van der Waals surface area contributed by atoms with Gasteiger partial charge in [-0.1, -0.05) is 12.1 Å². The number of nitrogens with two attached hydrogens (primary N) is 1. The minimum absolute atomic E-state index is 0.173. The number of rotatable bonds is 2. The maximum Gasteiger partial charge on any atom is 0.147 e. The molecule has 0 saturated carbocycles. The number of aromatic nitrogens is 1. The Labute approximate surface area is 82.1 Å². The summed E-state index contributed by atoms with van der Waals surface area (Å²) in [5, 5.41) is 0.970. The molecule has 0 amide bonds. The fraction of sp³-hybridized carbons (Fsp3) is 0.273. The van der Waals surface area contributed by atoms with E-state index in [0.29, 0.717) is 12.1 Å². The summed E-state index contributed by atoms with van der Waals surface area (Å²) in [5.74, 6) is -0.173. The van der Waals surface area contributed by atoms with E-state index in [2.05, 4.69) is 0 Å². The van der Waals surface area contributed by atoms with Crippen molar-refractivity contribution in [2.24, 2.45) is 12.8 Å². The van der Waals surface area contributed by atoms with E-state index in [4.69, 9.17) is 5.73 Å². The van der Waals surface area contributed by atoms with Gasteiger partial charge < -0.3 is 10.3 Å². The Balaban J connectivity index is 2.71. The molecule has 0 fully saturated rings. The van der Waals surface area contributed by atoms with Crippen molar-refractivity contribution in [3.63, 3.8) is 0 Å². The Morgan fingerprint density at radius 1 is 1.43 bits per heavy atom. The van der Waals surface area contributed by atoms with Gasteiger partial charge in [0.2, 0.25) is 0 Å². The lowest BCUT2D eigenvalue weighted by molar-refractivity contribution is 0.632. The third-order valence-corrected chi connectivity index (χ3v) is 2.45. The van der Waals surface area contributed by atoms with E-state index in [9.17, 15) is 4.39 Å². The zero-order chi connectivity index (χ0) is 10.1. The van der Waals surface area contributed by atoms with Crippen LogP contribution in [0.1, 0.15) is 5.56 Å². The molecule has 0 radical (unpaired) electrons. The summed E-state index contributed by atoms with van der Waals surface area (Å²) in [6.45, 7) is 0.593. The molecular weight excluding hydrogens is 179 g/mol. The third kappa shape index (κ3) is 1.30. The molecule has 2 N–H and O–H groups in total. The van der Waals surface area contributed by atoms with Gasteiger partial charge in [-0.2, -0.15) is 0 Å². The van der Waals surface area contributed by atoms with Gasteiger partial charge in [-0.3, -0.25) is 0 Å². The van der Waals surface area contributed by atoms with Crippen molar-refractivity contribution in [3.05, 3.63) is 35.8 Å². The molecule has 3 heteroatoms. The highest BCUT2D eigenvalue weighted by molar-refractivity contribution is 5.84. The van der Waals surface area contributed by atoms with Crippen LogP contribution in [-0.2, 0) is 13.5 Å². The summed E-state index contributed by atoms with van der Waals surface area (Å²) in [6, 6.07) is 5.15. The number of aryl methyl sites for hydroxylation is 1. The van der Waals surface area contributed by atoms with Crippen molar-refractivity contribution in [1.82, 2.24) is 4.57 Å². The van der Waals surface area contributed by atoms with Crippen LogP contribution in [0.4, 0.5) is 4.39 Å². The Bertz CT molecular complexity index is 460. The average Bonchev–Trinajstić information content (AvgIpc) is 2.46. The van der Waals surface area contributed by atoms with Gasteiger partial charge in [-0.15, -0.1) is 0 Å². The second-order valence-electron chi connectivity index (χ2n) is 3.44. The van der Waals surface area contributed by atoms with Gasteiger partial charge in [-0.25, -0.2) is 4.39 Å². The normalized spacial score (nSPS) is 11.1. The number of benzene rings is 1. The average molecular weight is 192 g/mol. The molecule has 2 aromatic rings. The van der Waals surface area contributed by atoms with Gasteiger partial charge in [0.1, 0.15) is 5.82 Å². The summed E-state index contributed by atoms with van der Waals surface area (Å²) in [4.78, 5) is 0. The Hall–Kier alpha value is -1.35. The molecule has 2 nitrogen and oxygen atoms in total. The van der Waals surface area contributed by atoms with Crippen LogP contribution in [0.3, 0.4) is 0 Å². The second kappa shape index (κ2) is 3.42. The largest absolute Gasteiger partial charge is 0.348 e. The van der Waals surface area contributed by atoms with Crippen molar-refractivity contribution >= 4 is 10.9 Å². The van der Waals surface area contributed by atoms with E-state index in [1.54, 1.807) is 6.07 Å². The summed E-state index contributed by atoms with van der Waals surface area (Å²) < 4.78 is 15.3. The van der Waals surface area contributed by atoms with Crippen molar-refractivity contribution in [2.75, 3.05) is 6.54 Å². The molecule has 0 atom stereocenters. The zero-order valence-corrected chi connectivity index (χ0v) is 8.13. The molecule has 1 aromatic carbocycles. The first-order valence-corrected chi connectivity index (χ1v) is 4.66. The van der Waals surface area contributed by atoms with E-state index < -0.39 is 0 Å². The van der Waals surface area contributed by atoms with Crippen molar-refractivity contribution < 1.29 is 4.39 Å². The predicted molar refractivity (Wildman–Crippen MR) is 55.6 cm³/mol. The molecule has 1 heterocycles. The number of fused-ring (bicyclic) bond motifs is 1. The first-order valence-electron chi connectivity index (χ1n) is 4.66. The van der Waals surface area contributed by atoms with Gasteiger partial charge >= 0.3 is 0 Å². The first-order chi connectivity index (χ1) is 6.74. The molecule has 74 valence electrons. The second-order valence-corrected chi connectivity index (χ2v) is 3.44. The van der Waals surface area contributed by atoms with Crippen molar-refractivity contribution in [3.8, 4) is 0 Å². The minimum atomic E-state index is -0.173. The highest BCUT2D eigenvalue weighted by Gasteiger charge is 2.08. The molecule has 0 aliphatic carbocycles. The lowest BCUT2D eigenvalue weighted by Crippen LogP contribution is -2.01. The predicted octanol–water partition coefficient (Wildman–Crippen LogP) is 1.82. The van der Waals surface area contributed by atoms with E-state index in [1.807, 2.05) is 23.9 Å². The van der Waals surface area contributed by atoms with Gasteiger partial charge in [0, 0.05) is 18.6 Å². The summed E-state index contributed by atoms with van der Waals surface area (Å²) in [7, 11) is 1.85. The standard InChI is InChI=1S/C11H13FN2/c1-14-7-8(5-6-13)9-3-2-4-10(12)11(9)14/h2-4,7H,5-6,13H2,1H3. The highest BCUT2D eigenvalue weighted by atomic mass is 19.1. The van der Waals surface area contributed by atoms with Crippen LogP contribution in [0.15, 0.2) is 24.4 Å². The van der Waals surface area contributed by atoms with Gasteiger partial charge in [0.05, 0.1) is 5.52 Å². The van der Waals surface area contributed by atoms with E-state index in [1.165, 1.54) is 6.07 Å². The molecule has 0 saturated heterocycles. The van der Waals surface area contributed by atoms with E-state index in [-0.39, 0.29) is 5.82 Å². The summed E-state index contributed by atoms with van der Waals surface area (Å²) >= 11 is 0. The lowest BCUT2D eigenvalue weighted by atomic mass is 10.1. The van der Waals surface area contributed by atoms with Crippen LogP contribution >= 0.6 is 0 Å². The topological polar surface area (TPSA) is 30.9 Å². The molecule has 0 unspecified atom stereocenters. The number of hydrogen-bond acceptors (Lipinski definition) is 1. The molecule has 1 aromatic heterocycles. The van der Waals surface area contributed by atoms with Crippen LogP contribution in [0.2, 0.25) is 0 Å². The van der Waals surface area contributed by atoms with Gasteiger partial charge in [-0.05, 0) is 24.6 Å². The third-order valence-electron chi connectivity index (χ3n) is 2.45. The van der Waals surface area contributed by atoms with Gasteiger partial charge in [0.25, 0.3) is 0 Å². The number of nitrogens with zero attached hydrogens (tertiary/aromatic N) is 1. The minimum Gasteiger partial charge on any atom is -0.348 e. The zero-order valence-electron chi connectivity index (χ0n) is 8.13. The molecule has 0 aliphatic heterocycles. The maximum absolute atomic E-state index is 13.4. The number of halogens is 1. The molecule has 2 rings (SSSR count). The molecular formula is C11H13FN2. The first kappa shape index (κ1) is 9.21. The monoisotopic (exact) mass is 192 g/mol. The fourth-order valence-electron chi connectivity index (χ4n) is 1.86. The van der Waals surface area contributed by atoms with Crippen LogP contribution in [-0.4, -0.2) is 11.1 Å². The van der Waals surface area contributed by atoms with Crippen LogP contribution in [0, 0.1) is 5.82 Å². The van der Waals surface area contributed by atoms with Crippen molar-refractivity contribution in [2.45, 2.75) is 6.42 Å². The summed E-state index contributed by atoms with van der Waals surface area (Å²) in [6.07, 6.45) is 2.74. The van der Waals surface area contributed by atoms with Gasteiger partial charge in [0.15, 0.2) is 0 Å². The van der Waals surface area contributed by atoms with E-state index >= 15 is 0 Å². The SMILES string of the molecule is Cn1cc(CCN)c2cccc(F)c21. The van der Waals surface area contributed by atoms with Crippen LogP contribution < -0.4 is 5.73 Å². The Kier molecular flexibility index (Phi) is 2.25. The van der Waals surface area contributed by atoms with E-state index in [0.717, 1.165) is 17.4 Å². The Morgan fingerprint density at radius 2 is 2.21 bits per heavy atom. The maximum atomic E-state index is 13.4. The number of para-hydroxylation sites is 1. The van der Waals surface area contributed by atoms with Crippen LogP contribution in [0.5, 0.6) is 0 Å². The quantitative estimate of drug-likeness (QED) is 0.773. The fourth-order valence-corrected chi connectivity index (χ4v) is 1.86. The Morgan fingerprint density at radius 3 is 2.93 bits per heavy atom. The summed E-state index contributed by atoms with van der Waals surface area (Å²) in [5.41, 5.74) is 7.27. The molecule has 0 bridgehead atoms. The highest BCUT2D eigenvalue weighted by Crippen LogP contribution is 2.23. The van der Waals surface area contributed by atoms with Crippen molar-refractivity contribution in [1.29, 1.82) is 0 Å². The van der Waals surface area contributed by atoms with Crippen LogP contribution in [0.25, 0.3) is 10.9 Å². The number of hydrogen-bond donors (Lipinski definition) is 1. The molecule has 0 spiro atoms.